The minimum absolute atomic E-state index is 0.0386. The number of amides is 1. The number of hydrogen-bond donors (Lipinski definition) is 0. The zero-order chi connectivity index (χ0) is 20.3. The SMILES string of the molecule is CN(Cc1ccc(N2CCOCC2)cc1)C(=O)c1ccc(Cl)c(S(C)(=O)=O)c1. The Morgan fingerprint density at radius 3 is 2.39 bits per heavy atom. The smallest absolute Gasteiger partial charge is 0.253 e. The molecule has 2 aromatic carbocycles. The third kappa shape index (κ3) is 4.84. The average molecular weight is 423 g/mol. The number of morpholine rings is 1. The van der Waals surface area contributed by atoms with Crippen LogP contribution in [0.5, 0.6) is 0 Å². The van der Waals surface area contributed by atoms with Crippen molar-refractivity contribution < 1.29 is 17.9 Å². The molecule has 8 heteroatoms. The van der Waals surface area contributed by atoms with E-state index in [-0.39, 0.29) is 21.4 Å². The van der Waals surface area contributed by atoms with Gasteiger partial charge in [0.15, 0.2) is 9.84 Å². The van der Waals surface area contributed by atoms with E-state index in [0.717, 1.165) is 43.8 Å². The molecule has 0 aromatic heterocycles. The molecular formula is C20H23ClN2O4S. The lowest BCUT2D eigenvalue weighted by Gasteiger charge is -2.29. The minimum Gasteiger partial charge on any atom is -0.378 e. The molecular weight excluding hydrogens is 400 g/mol. The summed E-state index contributed by atoms with van der Waals surface area (Å²) in [6.07, 6.45) is 1.07. The van der Waals surface area contributed by atoms with Crippen LogP contribution >= 0.6 is 11.6 Å². The van der Waals surface area contributed by atoms with Crippen LogP contribution < -0.4 is 4.90 Å². The number of carbonyl (C=O) groups excluding carboxylic acids is 1. The Bertz CT molecular complexity index is 955. The Morgan fingerprint density at radius 1 is 1.14 bits per heavy atom. The van der Waals surface area contributed by atoms with Gasteiger partial charge in [-0.1, -0.05) is 23.7 Å². The van der Waals surface area contributed by atoms with Crippen LogP contribution in [0.3, 0.4) is 0 Å². The number of halogens is 1. The van der Waals surface area contributed by atoms with Gasteiger partial charge in [-0.3, -0.25) is 4.79 Å². The molecule has 1 amide bonds. The predicted molar refractivity (Wildman–Crippen MR) is 110 cm³/mol. The lowest BCUT2D eigenvalue weighted by atomic mass is 10.1. The quantitative estimate of drug-likeness (QED) is 0.741. The first-order valence-corrected chi connectivity index (χ1v) is 11.2. The lowest BCUT2D eigenvalue weighted by molar-refractivity contribution is 0.0785. The number of ether oxygens (including phenoxy) is 1. The van der Waals surface area contributed by atoms with Crippen molar-refractivity contribution in [1.82, 2.24) is 4.90 Å². The zero-order valence-electron chi connectivity index (χ0n) is 15.9. The number of sulfone groups is 1. The number of benzene rings is 2. The molecule has 3 rings (SSSR count). The molecule has 0 unspecified atom stereocenters. The van der Waals surface area contributed by atoms with Crippen molar-refractivity contribution in [2.24, 2.45) is 0 Å². The highest BCUT2D eigenvalue weighted by atomic mass is 35.5. The Kier molecular flexibility index (Phi) is 6.27. The maximum absolute atomic E-state index is 12.7. The van der Waals surface area contributed by atoms with Crippen LogP contribution in [0.4, 0.5) is 5.69 Å². The second-order valence-electron chi connectivity index (χ2n) is 6.84. The fraction of sp³-hybridized carbons (Fsp3) is 0.350. The van der Waals surface area contributed by atoms with E-state index in [4.69, 9.17) is 16.3 Å². The van der Waals surface area contributed by atoms with Gasteiger partial charge in [0, 0.05) is 44.2 Å². The van der Waals surface area contributed by atoms with Gasteiger partial charge in [0.05, 0.1) is 23.1 Å². The number of anilines is 1. The van der Waals surface area contributed by atoms with Gasteiger partial charge in [-0.2, -0.15) is 0 Å². The largest absolute Gasteiger partial charge is 0.378 e. The van der Waals surface area contributed by atoms with E-state index in [1.165, 1.54) is 18.2 Å². The second kappa shape index (κ2) is 8.51. The molecule has 1 fully saturated rings. The predicted octanol–water partition coefficient (Wildman–Crippen LogP) is 2.85. The molecule has 0 aliphatic carbocycles. The zero-order valence-corrected chi connectivity index (χ0v) is 17.5. The Hall–Kier alpha value is -2.09. The van der Waals surface area contributed by atoms with E-state index in [1.54, 1.807) is 11.9 Å². The summed E-state index contributed by atoms with van der Waals surface area (Å²) in [6, 6.07) is 12.4. The van der Waals surface area contributed by atoms with Gasteiger partial charge >= 0.3 is 0 Å². The van der Waals surface area contributed by atoms with Crippen molar-refractivity contribution >= 4 is 33.0 Å². The minimum atomic E-state index is -3.51. The van der Waals surface area contributed by atoms with Gasteiger partial charge in [0.25, 0.3) is 5.91 Å². The maximum atomic E-state index is 12.7. The van der Waals surface area contributed by atoms with Gasteiger partial charge in [-0.05, 0) is 35.9 Å². The summed E-state index contributed by atoms with van der Waals surface area (Å²) in [4.78, 5) is 16.5. The monoisotopic (exact) mass is 422 g/mol. The van der Waals surface area contributed by atoms with Crippen LogP contribution in [-0.2, 0) is 21.1 Å². The van der Waals surface area contributed by atoms with Gasteiger partial charge in [-0.25, -0.2) is 8.42 Å². The molecule has 2 aromatic rings. The van der Waals surface area contributed by atoms with Gasteiger partial charge in [0.1, 0.15) is 0 Å². The van der Waals surface area contributed by atoms with E-state index in [2.05, 4.69) is 4.90 Å². The van der Waals surface area contributed by atoms with Crippen LogP contribution in [0.25, 0.3) is 0 Å². The van der Waals surface area contributed by atoms with Crippen LogP contribution in [0.15, 0.2) is 47.4 Å². The third-order valence-corrected chi connectivity index (χ3v) is 6.23. The topological polar surface area (TPSA) is 66.9 Å². The first kappa shape index (κ1) is 20.6. The summed E-state index contributed by atoms with van der Waals surface area (Å²) in [6.45, 7) is 3.62. The van der Waals surface area contributed by atoms with E-state index in [1.807, 2.05) is 24.3 Å². The summed E-state index contributed by atoms with van der Waals surface area (Å²) in [5, 5.41) is 0.111. The van der Waals surface area contributed by atoms with Crippen molar-refractivity contribution in [2.75, 3.05) is 44.5 Å². The molecule has 6 nitrogen and oxygen atoms in total. The van der Waals surface area contributed by atoms with Crippen molar-refractivity contribution in [3.63, 3.8) is 0 Å². The Labute approximate surface area is 170 Å². The van der Waals surface area contributed by atoms with E-state index in [0.29, 0.717) is 6.54 Å². The summed E-state index contributed by atoms with van der Waals surface area (Å²) in [5.74, 6) is -0.265. The Balaban J connectivity index is 1.70. The third-order valence-electron chi connectivity index (χ3n) is 4.66. The molecule has 150 valence electrons. The summed E-state index contributed by atoms with van der Waals surface area (Å²) >= 11 is 5.96. The molecule has 1 aliphatic heterocycles. The summed E-state index contributed by atoms with van der Waals surface area (Å²) in [5.41, 5.74) is 2.42. The van der Waals surface area contributed by atoms with Gasteiger partial charge in [-0.15, -0.1) is 0 Å². The average Bonchev–Trinajstić information content (AvgIpc) is 2.68. The molecule has 0 radical (unpaired) electrons. The van der Waals surface area contributed by atoms with E-state index >= 15 is 0 Å². The van der Waals surface area contributed by atoms with E-state index < -0.39 is 9.84 Å². The summed E-state index contributed by atoms with van der Waals surface area (Å²) < 4.78 is 29.0. The summed E-state index contributed by atoms with van der Waals surface area (Å²) in [7, 11) is -1.82. The standard InChI is InChI=1S/C20H23ClN2O4S/c1-22(20(24)16-5-8-18(21)19(13-16)28(2,25)26)14-15-3-6-17(7-4-15)23-9-11-27-12-10-23/h3-8,13H,9-12,14H2,1-2H3. The van der Waals surface area contributed by atoms with Crippen LogP contribution in [0.1, 0.15) is 15.9 Å². The van der Waals surface area contributed by atoms with Crippen molar-refractivity contribution in [3.8, 4) is 0 Å². The molecule has 28 heavy (non-hydrogen) atoms. The molecule has 0 atom stereocenters. The molecule has 1 aliphatic rings. The molecule has 0 spiro atoms. The molecule has 1 saturated heterocycles. The lowest BCUT2D eigenvalue weighted by Crippen LogP contribution is -2.36. The van der Waals surface area contributed by atoms with Crippen molar-refractivity contribution in [1.29, 1.82) is 0 Å². The number of rotatable bonds is 5. The highest BCUT2D eigenvalue weighted by Crippen LogP contribution is 2.24. The van der Waals surface area contributed by atoms with Gasteiger partial charge < -0.3 is 14.5 Å². The highest BCUT2D eigenvalue weighted by Gasteiger charge is 2.18. The number of nitrogens with zero attached hydrogens (tertiary/aromatic N) is 2. The molecule has 1 heterocycles. The number of hydrogen-bond acceptors (Lipinski definition) is 5. The fourth-order valence-electron chi connectivity index (χ4n) is 3.12. The molecule has 0 bridgehead atoms. The molecule has 0 N–H and O–H groups in total. The fourth-order valence-corrected chi connectivity index (χ4v) is 4.42. The van der Waals surface area contributed by atoms with Gasteiger partial charge in [0.2, 0.25) is 0 Å². The van der Waals surface area contributed by atoms with Crippen molar-refractivity contribution in [3.05, 3.63) is 58.6 Å². The maximum Gasteiger partial charge on any atom is 0.253 e. The first-order valence-electron chi connectivity index (χ1n) is 8.92. The highest BCUT2D eigenvalue weighted by molar-refractivity contribution is 7.90. The molecule has 0 saturated carbocycles. The first-order chi connectivity index (χ1) is 13.3. The number of carbonyl (C=O) groups is 1. The van der Waals surface area contributed by atoms with E-state index in [9.17, 15) is 13.2 Å². The van der Waals surface area contributed by atoms with Crippen molar-refractivity contribution in [2.45, 2.75) is 11.4 Å². The normalized spacial score (nSPS) is 14.8. The second-order valence-corrected chi connectivity index (χ2v) is 9.24. The van der Waals surface area contributed by atoms with Crippen LogP contribution in [0.2, 0.25) is 5.02 Å². The Morgan fingerprint density at radius 2 is 1.79 bits per heavy atom. The van der Waals surface area contributed by atoms with Crippen LogP contribution in [-0.4, -0.2) is 58.8 Å². The van der Waals surface area contributed by atoms with Crippen LogP contribution in [0, 0.1) is 0 Å².